The van der Waals surface area contributed by atoms with Crippen molar-refractivity contribution in [3.05, 3.63) is 41.6 Å². The first-order chi connectivity index (χ1) is 8.00. The standard InChI is InChI=1S/C14H19NO2/c1-10(2)9-15-14(16)17-13-8-6-5-7-12(13)11(3)4/h5-9,11H,1-4H3,(H,15,16). The molecule has 1 rings (SSSR count). The fourth-order valence-electron chi connectivity index (χ4n) is 1.38. The minimum Gasteiger partial charge on any atom is -0.410 e. The number of amides is 1. The van der Waals surface area contributed by atoms with Crippen LogP contribution < -0.4 is 10.1 Å². The van der Waals surface area contributed by atoms with E-state index in [1.807, 2.05) is 32.0 Å². The molecular weight excluding hydrogens is 214 g/mol. The molecule has 0 bridgehead atoms. The Kier molecular flexibility index (Phi) is 4.76. The van der Waals surface area contributed by atoms with E-state index in [0.717, 1.165) is 11.1 Å². The quantitative estimate of drug-likeness (QED) is 0.861. The minimum absolute atomic E-state index is 0.322. The topological polar surface area (TPSA) is 38.3 Å². The molecule has 1 aromatic rings. The Bertz CT molecular complexity index is 418. The summed E-state index contributed by atoms with van der Waals surface area (Å²) in [5.41, 5.74) is 2.04. The van der Waals surface area contributed by atoms with Crippen LogP contribution in [0.1, 0.15) is 39.2 Å². The van der Waals surface area contributed by atoms with E-state index in [-0.39, 0.29) is 0 Å². The summed E-state index contributed by atoms with van der Waals surface area (Å²) in [4.78, 5) is 11.5. The first kappa shape index (κ1) is 13.3. The number of ether oxygens (including phenoxy) is 1. The predicted octanol–water partition coefficient (Wildman–Crippen LogP) is 3.82. The van der Waals surface area contributed by atoms with E-state index in [9.17, 15) is 4.79 Å². The van der Waals surface area contributed by atoms with Crippen molar-refractivity contribution in [3.8, 4) is 5.75 Å². The van der Waals surface area contributed by atoms with Gasteiger partial charge in [0, 0.05) is 6.20 Å². The second kappa shape index (κ2) is 6.09. The molecule has 0 spiro atoms. The SMILES string of the molecule is CC(C)=CNC(=O)Oc1ccccc1C(C)C. The lowest BCUT2D eigenvalue weighted by atomic mass is 10.0. The van der Waals surface area contributed by atoms with Crippen molar-refractivity contribution in [2.75, 3.05) is 0 Å². The Morgan fingerprint density at radius 2 is 1.94 bits per heavy atom. The Morgan fingerprint density at radius 3 is 2.53 bits per heavy atom. The van der Waals surface area contributed by atoms with Crippen molar-refractivity contribution < 1.29 is 9.53 Å². The second-order valence-electron chi connectivity index (χ2n) is 4.45. The van der Waals surface area contributed by atoms with Crippen LogP contribution in [0, 0.1) is 0 Å². The van der Waals surface area contributed by atoms with Gasteiger partial charge in [0.25, 0.3) is 0 Å². The minimum atomic E-state index is -0.459. The maximum Gasteiger partial charge on any atom is 0.416 e. The van der Waals surface area contributed by atoms with Crippen LogP contribution in [0.3, 0.4) is 0 Å². The van der Waals surface area contributed by atoms with E-state index < -0.39 is 6.09 Å². The summed E-state index contributed by atoms with van der Waals surface area (Å²) >= 11 is 0. The molecule has 0 aromatic heterocycles. The van der Waals surface area contributed by atoms with Gasteiger partial charge in [0.15, 0.2) is 0 Å². The van der Waals surface area contributed by atoms with Crippen LogP contribution >= 0.6 is 0 Å². The molecule has 92 valence electrons. The fraction of sp³-hybridized carbons (Fsp3) is 0.357. The average Bonchev–Trinajstić information content (AvgIpc) is 2.27. The third kappa shape index (κ3) is 4.31. The Labute approximate surface area is 102 Å². The predicted molar refractivity (Wildman–Crippen MR) is 69.1 cm³/mol. The number of hydrogen-bond donors (Lipinski definition) is 1. The molecule has 0 saturated heterocycles. The van der Waals surface area contributed by atoms with Crippen LogP contribution in [-0.2, 0) is 0 Å². The molecule has 3 heteroatoms. The monoisotopic (exact) mass is 233 g/mol. The van der Waals surface area contributed by atoms with Gasteiger partial charge >= 0.3 is 6.09 Å². The normalized spacial score (nSPS) is 9.94. The van der Waals surface area contributed by atoms with E-state index >= 15 is 0 Å². The summed E-state index contributed by atoms with van der Waals surface area (Å²) in [5.74, 6) is 0.935. The lowest BCUT2D eigenvalue weighted by Crippen LogP contribution is -2.22. The lowest BCUT2D eigenvalue weighted by molar-refractivity contribution is 0.204. The summed E-state index contributed by atoms with van der Waals surface area (Å²) < 4.78 is 5.26. The van der Waals surface area contributed by atoms with Crippen LogP contribution in [0.25, 0.3) is 0 Å². The number of carbonyl (C=O) groups is 1. The van der Waals surface area contributed by atoms with Gasteiger partial charge in [0.2, 0.25) is 0 Å². The highest BCUT2D eigenvalue weighted by Crippen LogP contribution is 2.25. The number of para-hydroxylation sites is 1. The van der Waals surface area contributed by atoms with Gasteiger partial charge in [0.05, 0.1) is 0 Å². The molecule has 0 atom stereocenters. The first-order valence-electron chi connectivity index (χ1n) is 5.71. The van der Waals surface area contributed by atoms with Crippen LogP contribution in [-0.4, -0.2) is 6.09 Å². The van der Waals surface area contributed by atoms with Gasteiger partial charge in [-0.2, -0.15) is 0 Å². The van der Waals surface area contributed by atoms with Crippen molar-refractivity contribution in [3.63, 3.8) is 0 Å². The molecule has 0 aliphatic carbocycles. The highest BCUT2D eigenvalue weighted by atomic mass is 16.6. The summed E-state index contributed by atoms with van der Waals surface area (Å²) in [6.45, 7) is 7.94. The number of nitrogens with one attached hydrogen (secondary N) is 1. The molecule has 0 unspecified atom stereocenters. The maximum atomic E-state index is 11.5. The van der Waals surface area contributed by atoms with Crippen LogP contribution in [0.2, 0.25) is 0 Å². The molecule has 0 aliphatic heterocycles. The smallest absolute Gasteiger partial charge is 0.410 e. The van der Waals surface area contributed by atoms with Crippen molar-refractivity contribution >= 4 is 6.09 Å². The Balaban J connectivity index is 2.74. The zero-order chi connectivity index (χ0) is 12.8. The highest BCUT2D eigenvalue weighted by molar-refractivity contribution is 5.72. The number of hydrogen-bond acceptors (Lipinski definition) is 2. The molecular formula is C14H19NO2. The molecule has 17 heavy (non-hydrogen) atoms. The fourth-order valence-corrected chi connectivity index (χ4v) is 1.38. The van der Waals surface area contributed by atoms with Gasteiger partial charge in [-0.1, -0.05) is 37.6 Å². The van der Waals surface area contributed by atoms with Crippen molar-refractivity contribution in [2.24, 2.45) is 0 Å². The van der Waals surface area contributed by atoms with E-state index in [0.29, 0.717) is 11.7 Å². The number of benzene rings is 1. The molecule has 1 amide bonds. The van der Waals surface area contributed by atoms with Crippen molar-refractivity contribution in [1.82, 2.24) is 5.32 Å². The van der Waals surface area contributed by atoms with E-state index in [1.165, 1.54) is 0 Å². The molecule has 0 aliphatic rings. The lowest BCUT2D eigenvalue weighted by Gasteiger charge is -2.12. The van der Waals surface area contributed by atoms with Gasteiger partial charge in [-0.15, -0.1) is 0 Å². The Morgan fingerprint density at radius 1 is 1.29 bits per heavy atom. The summed E-state index contributed by atoms with van der Waals surface area (Å²) in [6.07, 6.45) is 1.17. The third-order valence-electron chi connectivity index (χ3n) is 2.22. The van der Waals surface area contributed by atoms with Crippen LogP contribution in [0.15, 0.2) is 36.0 Å². The molecule has 3 nitrogen and oxygen atoms in total. The van der Waals surface area contributed by atoms with Gasteiger partial charge < -0.3 is 4.74 Å². The summed E-state index contributed by atoms with van der Waals surface area (Å²) in [7, 11) is 0. The molecule has 0 radical (unpaired) electrons. The largest absolute Gasteiger partial charge is 0.416 e. The van der Waals surface area contributed by atoms with Gasteiger partial charge in [-0.3, -0.25) is 5.32 Å². The van der Waals surface area contributed by atoms with Gasteiger partial charge in [-0.05, 0) is 31.4 Å². The molecule has 0 heterocycles. The van der Waals surface area contributed by atoms with E-state index in [1.54, 1.807) is 12.3 Å². The number of carbonyl (C=O) groups excluding carboxylic acids is 1. The molecule has 1 N–H and O–H groups in total. The maximum absolute atomic E-state index is 11.5. The first-order valence-corrected chi connectivity index (χ1v) is 5.71. The second-order valence-corrected chi connectivity index (χ2v) is 4.45. The molecule has 0 fully saturated rings. The van der Waals surface area contributed by atoms with Crippen LogP contribution in [0.5, 0.6) is 5.75 Å². The highest BCUT2D eigenvalue weighted by Gasteiger charge is 2.09. The number of allylic oxidation sites excluding steroid dienone is 1. The summed E-state index contributed by atoms with van der Waals surface area (Å²) in [6, 6.07) is 7.57. The zero-order valence-corrected chi connectivity index (χ0v) is 10.8. The van der Waals surface area contributed by atoms with E-state index in [4.69, 9.17) is 4.74 Å². The van der Waals surface area contributed by atoms with Crippen molar-refractivity contribution in [2.45, 2.75) is 33.6 Å². The summed E-state index contributed by atoms with van der Waals surface area (Å²) in [5, 5.41) is 2.57. The average molecular weight is 233 g/mol. The van der Waals surface area contributed by atoms with Gasteiger partial charge in [0.1, 0.15) is 5.75 Å². The van der Waals surface area contributed by atoms with E-state index in [2.05, 4.69) is 19.2 Å². The Hall–Kier alpha value is -1.77. The molecule has 0 saturated carbocycles. The van der Waals surface area contributed by atoms with Crippen molar-refractivity contribution in [1.29, 1.82) is 0 Å². The number of rotatable bonds is 3. The van der Waals surface area contributed by atoms with Crippen LogP contribution in [0.4, 0.5) is 4.79 Å². The third-order valence-corrected chi connectivity index (χ3v) is 2.22. The van der Waals surface area contributed by atoms with Gasteiger partial charge in [-0.25, -0.2) is 4.79 Å². The molecule has 1 aromatic carbocycles. The zero-order valence-electron chi connectivity index (χ0n) is 10.8.